The van der Waals surface area contributed by atoms with Gasteiger partial charge in [-0.1, -0.05) is 41.4 Å². The van der Waals surface area contributed by atoms with Gasteiger partial charge in [0.05, 0.1) is 10.9 Å². The van der Waals surface area contributed by atoms with Gasteiger partial charge in [-0.15, -0.1) is 0 Å². The summed E-state index contributed by atoms with van der Waals surface area (Å²) >= 11 is 3.40. The van der Waals surface area contributed by atoms with Gasteiger partial charge < -0.3 is 5.32 Å². The van der Waals surface area contributed by atoms with Crippen molar-refractivity contribution < 1.29 is 4.79 Å². The minimum atomic E-state index is -0.458. The second-order valence-electron chi connectivity index (χ2n) is 6.70. The van der Waals surface area contributed by atoms with E-state index in [1.54, 1.807) is 30.3 Å². The molecule has 0 aliphatic heterocycles. The van der Waals surface area contributed by atoms with Crippen molar-refractivity contribution in [1.82, 2.24) is 9.13 Å². The van der Waals surface area contributed by atoms with Crippen molar-refractivity contribution in [2.24, 2.45) is 0 Å². The lowest BCUT2D eigenvalue weighted by Crippen LogP contribution is -2.41. The van der Waals surface area contributed by atoms with Crippen LogP contribution in [0.25, 0.3) is 10.9 Å². The number of nitrogens with zero attached hydrogens (tertiary/aromatic N) is 2. The molecule has 1 aromatic heterocycles. The van der Waals surface area contributed by atoms with Gasteiger partial charge in [-0.05, 0) is 49.2 Å². The van der Waals surface area contributed by atoms with E-state index in [1.807, 2.05) is 26.0 Å². The van der Waals surface area contributed by atoms with Gasteiger partial charge >= 0.3 is 5.69 Å². The third kappa shape index (κ3) is 4.09. The number of unbranched alkanes of at least 4 members (excludes halogenated alkanes) is 1. The number of hydrogen-bond donors (Lipinski definition) is 1. The number of rotatable bonds is 6. The molecule has 0 fully saturated rings. The first kappa shape index (κ1) is 20.1. The molecule has 146 valence electrons. The number of aryl methyl sites for hydroxylation is 1. The molecule has 6 nitrogen and oxygen atoms in total. The third-order valence-electron chi connectivity index (χ3n) is 4.63. The zero-order valence-corrected chi connectivity index (χ0v) is 17.5. The Hall–Kier alpha value is -2.67. The minimum absolute atomic E-state index is 0.165. The van der Waals surface area contributed by atoms with Crippen molar-refractivity contribution in [2.75, 3.05) is 5.32 Å². The Kier molecular flexibility index (Phi) is 6.14. The maximum atomic E-state index is 12.9. The molecule has 3 rings (SSSR count). The number of anilines is 1. The molecule has 0 saturated heterocycles. The summed E-state index contributed by atoms with van der Waals surface area (Å²) in [5.74, 6) is -0.321. The highest BCUT2D eigenvalue weighted by atomic mass is 79.9. The molecule has 0 atom stereocenters. The van der Waals surface area contributed by atoms with E-state index < -0.39 is 5.69 Å². The first-order chi connectivity index (χ1) is 13.4. The van der Waals surface area contributed by atoms with Crippen LogP contribution in [0.2, 0.25) is 0 Å². The molecular formula is C21H22BrN3O3. The lowest BCUT2D eigenvalue weighted by atomic mass is 10.2. The van der Waals surface area contributed by atoms with Crippen molar-refractivity contribution in [3.05, 3.63) is 73.3 Å². The van der Waals surface area contributed by atoms with Gasteiger partial charge in [-0.2, -0.15) is 0 Å². The summed E-state index contributed by atoms with van der Waals surface area (Å²) in [6.07, 6.45) is 1.58. The number of carbonyl (C=O) groups excluding carboxylic acids is 1. The first-order valence-corrected chi connectivity index (χ1v) is 10.00. The van der Waals surface area contributed by atoms with Crippen molar-refractivity contribution in [1.29, 1.82) is 0 Å². The Balaban J connectivity index is 2.01. The number of halogens is 1. The Labute approximate surface area is 170 Å². The van der Waals surface area contributed by atoms with E-state index in [1.165, 1.54) is 9.13 Å². The van der Waals surface area contributed by atoms with E-state index in [0.717, 1.165) is 22.9 Å². The summed E-state index contributed by atoms with van der Waals surface area (Å²) in [5, 5.41) is 3.28. The summed E-state index contributed by atoms with van der Waals surface area (Å²) in [6.45, 7) is 4.07. The Morgan fingerprint density at radius 1 is 1.11 bits per heavy atom. The molecule has 2 aromatic carbocycles. The van der Waals surface area contributed by atoms with E-state index in [9.17, 15) is 14.4 Å². The lowest BCUT2D eigenvalue weighted by Gasteiger charge is -2.14. The number of fused-ring (bicyclic) bond motifs is 1. The van der Waals surface area contributed by atoms with Crippen LogP contribution in [0, 0.1) is 6.92 Å². The molecule has 3 aromatic rings. The minimum Gasteiger partial charge on any atom is -0.324 e. The average molecular weight is 444 g/mol. The number of nitrogens with one attached hydrogen (secondary N) is 1. The highest BCUT2D eigenvalue weighted by Gasteiger charge is 2.15. The molecule has 0 spiro atoms. The zero-order chi connectivity index (χ0) is 20.3. The van der Waals surface area contributed by atoms with Gasteiger partial charge in [-0.25, -0.2) is 4.79 Å². The van der Waals surface area contributed by atoms with Crippen LogP contribution in [0.3, 0.4) is 0 Å². The predicted octanol–water partition coefficient (Wildman–Crippen LogP) is 3.67. The summed E-state index contributed by atoms with van der Waals surface area (Å²) in [7, 11) is 0. The summed E-state index contributed by atoms with van der Waals surface area (Å²) in [6, 6.07) is 12.4. The maximum Gasteiger partial charge on any atom is 0.331 e. The van der Waals surface area contributed by atoms with Crippen molar-refractivity contribution in [3.8, 4) is 0 Å². The fourth-order valence-electron chi connectivity index (χ4n) is 3.14. The second kappa shape index (κ2) is 8.56. The standard InChI is InChI=1S/C21H22BrN3O3/c1-3-4-11-24-20(27)16-7-5-6-8-18(16)25(21(24)28)13-19(26)23-17-10-9-15(22)12-14(17)2/h5-10,12H,3-4,11,13H2,1-2H3,(H,23,26). The molecule has 1 N–H and O–H groups in total. The molecule has 0 aliphatic rings. The largest absolute Gasteiger partial charge is 0.331 e. The topological polar surface area (TPSA) is 73.1 Å². The predicted molar refractivity (Wildman–Crippen MR) is 115 cm³/mol. The normalized spacial score (nSPS) is 11.0. The van der Waals surface area contributed by atoms with Crippen molar-refractivity contribution in [3.63, 3.8) is 0 Å². The summed E-state index contributed by atoms with van der Waals surface area (Å²) in [5.41, 5.74) is 1.29. The molecule has 0 radical (unpaired) electrons. The van der Waals surface area contributed by atoms with Crippen LogP contribution >= 0.6 is 15.9 Å². The van der Waals surface area contributed by atoms with E-state index in [-0.39, 0.29) is 18.0 Å². The smallest absolute Gasteiger partial charge is 0.324 e. The zero-order valence-electron chi connectivity index (χ0n) is 15.9. The highest BCUT2D eigenvalue weighted by molar-refractivity contribution is 9.10. The van der Waals surface area contributed by atoms with Crippen molar-refractivity contribution in [2.45, 2.75) is 39.8 Å². The van der Waals surface area contributed by atoms with E-state index in [0.29, 0.717) is 23.1 Å². The van der Waals surface area contributed by atoms with Gasteiger partial charge in [0.25, 0.3) is 5.56 Å². The van der Waals surface area contributed by atoms with E-state index in [4.69, 9.17) is 0 Å². The molecule has 0 saturated carbocycles. The van der Waals surface area contributed by atoms with Gasteiger partial charge in [0, 0.05) is 16.7 Å². The van der Waals surface area contributed by atoms with Crippen LogP contribution in [0.15, 0.2) is 56.5 Å². The number of para-hydroxylation sites is 1. The lowest BCUT2D eigenvalue weighted by molar-refractivity contribution is -0.116. The first-order valence-electron chi connectivity index (χ1n) is 9.20. The average Bonchev–Trinajstić information content (AvgIpc) is 2.67. The van der Waals surface area contributed by atoms with Crippen LogP contribution in [0.1, 0.15) is 25.3 Å². The number of carbonyl (C=O) groups is 1. The number of hydrogen-bond acceptors (Lipinski definition) is 3. The number of amides is 1. The van der Waals surface area contributed by atoms with Gasteiger partial charge in [0.2, 0.25) is 5.91 Å². The van der Waals surface area contributed by atoms with E-state index in [2.05, 4.69) is 21.2 Å². The fourth-order valence-corrected chi connectivity index (χ4v) is 3.61. The summed E-state index contributed by atoms with van der Waals surface area (Å²) in [4.78, 5) is 38.3. The third-order valence-corrected chi connectivity index (χ3v) is 5.13. The summed E-state index contributed by atoms with van der Waals surface area (Å²) < 4.78 is 3.52. The Morgan fingerprint density at radius 3 is 2.57 bits per heavy atom. The monoisotopic (exact) mass is 443 g/mol. The number of benzene rings is 2. The van der Waals surface area contributed by atoms with Crippen LogP contribution < -0.4 is 16.6 Å². The SMILES string of the molecule is CCCCn1c(=O)c2ccccc2n(CC(=O)Nc2ccc(Br)cc2C)c1=O. The maximum absolute atomic E-state index is 12.9. The van der Waals surface area contributed by atoms with E-state index >= 15 is 0 Å². The molecule has 28 heavy (non-hydrogen) atoms. The molecule has 1 amide bonds. The Bertz CT molecular complexity index is 1150. The highest BCUT2D eigenvalue weighted by Crippen LogP contribution is 2.20. The van der Waals surface area contributed by atoms with Crippen LogP contribution in [-0.2, 0) is 17.9 Å². The van der Waals surface area contributed by atoms with Gasteiger partial charge in [0.15, 0.2) is 0 Å². The van der Waals surface area contributed by atoms with Crippen LogP contribution in [-0.4, -0.2) is 15.0 Å². The molecule has 0 bridgehead atoms. The number of aromatic nitrogens is 2. The quantitative estimate of drug-likeness (QED) is 0.631. The van der Waals surface area contributed by atoms with Gasteiger partial charge in [-0.3, -0.25) is 18.7 Å². The van der Waals surface area contributed by atoms with Crippen LogP contribution in [0.4, 0.5) is 5.69 Å². The molecule has 0 aliphatic carbocycles. The molecular weight excluding hydrogens is 422 g/mol. The van der Waals surface area contributed by atoms with Crippen LogP contribution in [0.5, 0.6) is 0 Å². The van der Waals surface area contributed by atoms with Gasteiger partial charge in [0.1, 0.15) is 6.54 Å². The second-order valence-corrected chi connectivity index (χ2v) is 7.62. The molecule has 1 heterocycles. The van der Waals surface area contributed by atoms with Crippen molar-refractivity contribution >= 4 is 38.4 Å². The fraction of sp³-hybridized carbons (Fsp3) is 0.286. The Morgan fingerprint density at radius 2 is 1.86 bits per heavy atom. The molecule has 7 heteroatoms. The molecule has 0 unspecified atom stereocenters.